The number of halogens is 2. The SMILES string of the molecule is CCN(Cc1ccccc1)C(=O)Nc1ccc(Cl)cc1Cl. The van der Waals surface area contributed by atoms with Gasteiger partial charge in [0.25, 0.3) is 0 Å². The number of rotatable bonds is 4. The number of amides is 2. The first kappa shape index (κ1) is 15.7. The Morgan fingerprint density at radius 1 is 1.14 bits per heavy atom. The van der Waals surface area contributed by atoms with Crippen molar-refractivity contribution in [3.8, 4) is 0 Å². The molecule has 0 spiro atoms. The lowest BCUT2D eigenvalue weighted by Gasteiger charge is -2.22. The highest BCUT2D eigenvalue weighted by Gasteiger charge is 2.13. The van der Waals surface area contributed by atoms with Crippen LogP contribution in [0.5, 0.6) is 0 Å². The van der Waals surface area contributed by atoms with Crippen molar-refractivity contribution in [3.63, 3.8) is 0 Å². The predicted molar refractivity (Wildman–Crippen MR) is 88.0 cm³/mol. The van der Waals surface area contributed by atoms with Crippen molar-refractivity contribution < 1.29 is 4.79 Å². The van der Waals surface area contributed by atoms with Crippen molar-refractivity contribution in [2.24, 2.45) is 0 Å². The van der Waals surface area contributed by atoms with Crippen LogP contribution in [0.15, 0.2) is 48.5 Å². The molecule has 0 aliphatic heterocycles. The van der Waals surface area contributed by atoms with E-state index in [1.165, 1.54) is 0 Å². The third-order valence-electron chi connectivity index (χ3n) is 3.06. The van der Waals surface area contributed by atoms with Crippen LogP contribution in [0.4, 0.5) is 10.5 Å². The molecule has 0 saturated carbocycles. The van der Waals surface area contributed by atoms with Crippen LogP contribution in [-0.2, 0) is 6.54 Å². The number of carbonyl (C=O) groups is 1. The summed E-state index contributed by atoms with van der Waals surface area (Å²) in [5.74, 6) is 0. The number of urea groups is 1. The first-order chi connectivity index (χ1) is 10.1. The van der Waals surface area contributed by atoms with E-state index in [1.807, 2.05) is 37.3 Å². The van der Waals surface area contributed by atoms with Crippen molar-refractivity contribution in [3.05, 3.63) is 64.1 Å². The number of hydrogen-bond acceptors (Lipinski definition) is 1. The molecule has 2 aromatic carbocycles. The Morgan fingerprint density at radius 2 is 1.86 bits per heavy atom. The summed E-state index contributed by atoms with van der Waals surface area (Å²) in [6.07, 6.45) is 0. The molecule has 0 saturated heterocycles. The molecule has 0 fully saturated rings. The van der Waals surface area contributed by atoms with Crippen LogP contribution in [0.25, 0.3) is 0 Å². The lowest BCUT2D eigenvalue weighted by Crippen LogP contribution is -2.34. The zero-order chi connectivity index (χ0) is 15.2. The fourth-order valence-electron chi connectivity index (χ4n) is 1.92. The summed E-state index contributed by atoms with van der Waals surface area (Å²) in [6.45, 7) is 3.09. The van der Waals surface area contributed by atoms with Gasteiger partial charge < -0.3 is 10.2 Å². The van der Waals surface area contributed by atoms with Gasteiger partial charge in [0.1, 0.15) is 0 Å². The molecule has 0 heterocycles. The van der Waals surface area contributed by atoms with Gasteiger partial charge in [0.2, 0.25) is 0 Å². The van der Waals surface area contributed by atoms with Crippen LogP contribution >= 0.6 is 23.2 Å². The second kappa shape index (κ2) is 7.34. The van der Waals surface area contributed by atoms with Crippen LogP contribution < -0.4 is 5.32 Å². The van der Waals surface area contributed by atoms with E-state index in [2.05, 4.69) is 5.32 Å². The Labute approximate surface area is 134 Å². The van der Waals surface area contributed by atoms with E-state index >= 15 is 0 Å². The van der Waals surface area contributed by atoms with E-state index in [0.717, 1.165) is 5.56 Å². The highest BCUT2D eigenvalue weighted by Crippen LogP contribution is 2.25. The fourth-order valence-corrected chi connectivity index (χ4v) is 2.37. The number of hydrogen-bond donors (Lipinski definition) is 1. The number of anilines is 1. The third kappa shape index (κ3) is 4.38. The minimum absolute atomic E-state index is 0.189. The van der Waals surface area contributed by atoms with Gasteiger partial charge in [-0.15, -0.1) is 0 Å². The monoisotopic (exact) mass is 322 g/mol. The molecule has 2 amide bonds. The molecule has 3 nitrogen and oxygen atoms in total. The van der Waals surface area contributed by atoms with Gasteiger partial charge in [-0.2, -0.15) is 0 Å². The van der Waals surface area contributed by atoms with Gasteiger partial charge in [-0.1, -0.05) is 53.5 Å². The Kier molecular flexibility index (Phi) is 5.48. The van der Waals surface area contributed by atoms with Gasteiger partial charge in [0.05, 0.1) is 10.7 Å². The van der Waals surface area contributed by atoms with Gasteiger partial charge in [-0.25, -0.2) is 4.79 Å². The van der Waals surface area contributed by atoms with Crippen molar-refractivity contribution >= 4 is 34.9 Å². The van der Waals surface area contributed by atoms with E-state index in [9.17, 15) is 4.79 Å². The van der Waals surface area contributed by atoms with Crippen LogP contribution in [0.2, 0.25) is 10.0 Å². The second-order valence-electron chi connectivity index (χ2n) is 4.55. The topological polar surface area (TPSA) is 32.3 Å². The highest BCUT2D eigenvalue weighted by molar-refractivity contribution is 6.36. The molecule has 2 aromatic rings. The second-order valence-corrected chi connectivity index (χ2v) is 5.40. The van der Waals surface area contributed by atoms with E-state index in [4.69, 9.17) is 23.2 Å². The molecule has 0 radical (unpaired) electrons. The van der Waals surface area contributed by atoms with Crippen LogP contribution in [0.3, 0.4) is 0 Å². The Balaban J connectivity index is 2.06. The average Bonchev–Trinajstić information content (AvgIpc) is 2.48. The zero-order valence-corrected chi connectivity index (χ0v) is 13.2. The molecule has 0 aromatic heterocycles. The highest BCUT2D eigenvalue weighted by atomic mass is 35.5. The predicted octanol–water partition coefficient (Wildman–Crippen LogP) is 5.05. The molecule has 0 aliphatic rings. The maximum absolute atomic E-state index is 12.3. The summed E-state index contributed by atoms with van der Waals surface area (Å²) < 4.78 is 0. The lowest BCUT2D eigenvalue weighted by molar-refractivity contribution is 0.212. The molecule has 5 heteroatoms. The minimum atomic E-state index is -0.189. The van der Waals surface area contributed by atoms with Crippen LogP contribution in [0.1, 0.15) is 12.5 Å². The molecule has 0 atom stereocenters. The van der Waals surface area contributed by atoms with Crippen molar-refractivity contribution in [2.45, 2.75) is 13.5 Å². The molecule has 21 heavy (non-hydrogen) atoms. The van der Waals surface area contributed by atoms with Crippen molar-refractivity contribution in [1.82, 2.24) is 4.90 Å². The molecular weight excluding hydrogens is 307 g/mol. The average molecular weight is 323 g/mol. The quantitative estimate of drug-likeness (QED) is 0.839. The largest absolute Gasteiger partial charge is 0.322 e. The summed E-state index contributed by atoms with van der Waals surface area (Å²) in [5.41, 5.74) is 1.63. The number of benzene rings is 2. The Hall–Kier alpha value is -1.71. The van der Waals surface area contributed by atoms with Crippen LogP contribution in [0, 0.1) is 0 Å². The standard InChI is InChI=1S/C16H16Cl2N2O/c1-2-20(11-12-6-4-3-5-7-12)16(21)19-15-9-8-13(17)10-14(15)18/h3-10H,2,11H2,1H3,(H,19,21). The van der Waals surface area contributed by atoms with E-state index in [-0.39, 0.29) is 6.03 Å². The van der Waals surface area contributed by atoms with Gasteiger partial charge in [0, 0.05) is 18.1 Å². The van der Waals surface area contributed by atoms with Gasteiger partial charge in [0.15, 0.2) is 0 Å². The smallest absolute Gasteiger partial charge is 0.320 e. The lowest BCUT2D eigenvalue weighted by atomic mass is 10.2. The summed E-state index contributed by atoms with van der Waals surface area (Å²) in [4.78, 5) is 14.0. The van der Waals surface area contributed by atoms with Crippen LogP contribution in [-0.4, -0.2) is 17.5 Å². The Bertz CT molecular complexity index is 617. The summed E-state index contributed by atoms with van der Waals surface area (Å²) >= 11 is 11.9. The molecule has 1 N–H and O–H groups in total. The van der Waals surface area contributed by atoms with E-state index in [0.29, 0.717) is 28.8 Å². The maximum atomic E-state index is 12.3. The minimum Gasteiger partial charge on any atom is -0.320 e. The normalized spacial score (nSPS) is 10.2. The summed E-state index contributed by atoms with van der Waals surface area (Å²) in [7, 11) is 0. The van der Waals surface area contributed by atoms with Gasteiger partial charge >= 0.3 is 6.03 Å². The molecule has 0 unspecified atom stereocenters. The summed E-state index contributed by atoms with van der Waals surface area (Å²) in [5, 5.41) is 3.76. The molecule has 2 rings (SSSR count). The molecule has 110 valence electrons. The van der Waals surface area contributed by atoms with Crippen molar-refractivity contribution in [1.29, 1.82) is 0 Å². The van der Waals surface area contributed by atoms with Gasteiger partial charge in [-0.05, 0) is 30.7 Å². The number of nitrogens with zero attached hydrogens (tertiary/aromatic N) is 1. The molecule has 0 aliphatic carbocycles. The van der Waals surface area contributed by atoms with E-state index in [1.54, 1.807) is 23.1 Å². The van der Waals surface area contributed by atoms with E-state index < -0.39 is 0 Å². The zero-order valence-electron chi connectivity index (χ0n) is 11.6. The first-order valence-electron chi connectivity index (χ1n) is 6.65. The third-order valence-corrected chi connectivity index (χ3v) is 3.61. The first-order valence-corrected chi connectivity index (χ1v) is 7.40. The summed E-state index contributed by atoms with van der Waals surface area (Å²) in [6, 6.07) is 14.6. The molecular formula is C16H16Cl2N2O. The van der Waals surface area contributed by atoms with Gasteiger partial charge in [-0.3, -0.25) is 0 Å². The molecule has 0 bridgehead atoms. The fraction of sp³-hybridized carbons (Fsp3) is 0.188. The Morgan fingerprint density at radius 3 is 2.48 bits per heavy atom. The maximum Gasteiger partial charge on any atom is 0.322 e. The van der Waals surface area contributed by atoms with Crippen molar-refractivity contribution in [2.75, 3.05) is 11.9 Å². The number of carbonyl (C=O) groups excluding carboxylic acids is 1. The number of nitrogens with one attached hydrogen (secondary N) is 1.